The van der Waals surface area contributed by atoms with Crippen LogP contribution in [0.15, 0.2) is 18.5 Å². The van der Waals surface area contributed by atoms with Crippen molar-refractivity contribution in [3.63, 3.8) is 0 Å². The van der Waals surface area contributed by atoms with Gasteiger partial charge in [-0.3, -0.25) is 9.78 Å². The zero-order chi connectivity index (χ0) is 14.1. The Balaban J connectivity index is 2.25. The summed E-state index contributed by atoms with van der Waals surface area (Å²) in [4.78, 5) is 15.9. The van der Waals surface area contributed by atoms with Gasteiger partial charge in [-0.15, -0.1) is 0 Å². The highest BCUT2D eigenvalue weighted by Crippen LogP contribution is 2.43. The van der Waals surface area contributed by atoms with Crippen molar-refractivity contribution in [3.8, 4) is 0 Å². The Hall–Kier alpha value is -1.63. The lowest BCUT2D eigenvalue weighted by Crippen LogP contribution is -2.49. The predicted molar refractivity (Wildman–Crippen MR) is 63.6 cm³/mol. The SMILES string of the molecule is Cc1cnccc1NC(=O)C1(C(F)(F)F)CCNC1. The molecule has 2 rings (SSSR count). The summed E-state index contributed by atoms with van der Waals surface area (Å²) in [5.74, 6) is -1.01. The van der Waals surface area contributed by atoms with Crippen molar-refractivity contribution in [2.24, 2.45) is 5.41 Å². The summed E-state index contributed by atoms with van der Waals surface area (Å²) in [5.41, 5.74) is -1.36. The Morgan fingerprint density at radius 3 is 2.79 bits per heavy atom. The van der Waals surface area contributed by atoms with E-state index >= 15 is 0 Å². The molecule has 0 radical (unpaired) electrons. The number of hydrogen-bond donors (Lipinski definition) is 2. The summed E-state index contributed by atoms with van der Waals surface area (Å²) >= 11 is 0. The summed E-state index contributed by atoms with van der Waals surface area (Å²) in [7, 11) is 0. The van der Waals surface area contributed by atoms with Crippen molar-refractivity contribution in [1.82, 2.24) is 10.3 Å². The monoisotopic (exact) mass is 273 g/mol. The summed E-state index contributed by atoms with van der Waals surface area (Å²) < 4.78 is 39.5. The molecule has 0 bridgehead atoms. The lowest BCUT2D eigenvalue weighted by Gasteiger charge is -2.29. The Morgan fingerprint density at radius 1 is 1.53 bits per heavy atom. The molecular weight excluding hydrogens is 259 g/mol. The third-order valence-corrected chi connectivity index (χ3v) is 3.40. The molecule has 19 heavy (non-hydrogen) atoms. The number of nitrogens with one attached hydrogen (secondary N) is 2. The van der Waals surface area contributed by atoms with Crippen LogP contribution in [-0.2, 0) is 4.79 Å². The molecule has 0 aromatic carbocycles. The standard InChI is InChI=1S/C12H14F3N3O/c1-8-6-16-4-2-9(8)18-10(19)11(12(13,14)15)3-5-17-7-11/h2,4,6,17H,3,5,7H2,1H3,(H,16,18,19). The van der Waals surface area contributed by atoms with Crippen molar-refractivity contribution in [2.45, 2.75) is 19.5 Å². The van der Waals surface area contributed by atoms with E-state index in [9.17, 15) is 18.0 Å². The maximum atomic E-state index is 13.2. The first-order chi connectivity index (χ1) is 8.87. The molecule has 104 valence electrons. The van der Waals surface area contributed by atoms with E-state index in [0.29, 0.717) is 11.3 Å². The van der Waals surface area contributed by atoms with Crippen molar-refractivity contribution >= 4 is 11.6 Å². The molecule has 1 fully saturated rings. The van der Waals surface area contributed by atoms with Gasteiger partial charge in [0.1, 0.15) is 0 Å². The van der Waals surface area contributed by atoms with Crippen LogP contribution in [0.5, 0.6) is 0 Å². The first-order valence-corrected chi connectivity index (χ1v) is 5.86. The minimum atomic E-state index is -4.57. The molecule has 1 atom stereocenters. The van der Waals surface area contributed by atoms with E-state index < -0.39 is 17.5 Å². The van der Waals surface area contributed by atoms with E-state index in [4.69, 9.17) is 0 Å². The lowest BCUT2D eigenvalue weighted by molar-refractivity contribution is -0.213. The third-order valence-electron chi connectivity index (χ3n) is 3.40. The van der Waals surface area contributed by atoms with Crippen LogP contribution in [0.25, 0.3) is 0 Å². The van der Waals surface area contributed by atoms with Crippen molar-refractivity contribution in [3.05, 3.63) is 24.0 Å². The number of alkyl halides is 3. The van der Waals surface area contributed by atoms with Crippen molar-refractivity contribution in [2.75, 3.05) is 18.4 Å². The fourth-order valence-electron chi connectivity index (χ4n) is 2.11. The number of carbonyl (C=O) groups is 1. The minimum absolute atomic E-state index is 0.183. The van der Waals surface area contributed by atoms with E-state index in [2.05, 4.69) is 15.6 Å². The summed E-state index contributed by atoms with van der Waals surface area (Å²) in [6.07, 6.45) is -1.90. The molecule has 1 aliphatic rings. The maximum absolute atomic E-state index is 13.2. The minimum Gasteiger partial charge on any atom is -0.325 e. The van der Waals surface area contributed by atoms with Gasteiger partial charge in [0.05, 0.1) is 0 Å². The summed E-state index contributed by atoms with van der Waals surface area (Å²) in [5, 5.41) is 4.97. The lowest BCUT2D eigenvalue weighted by atomic mass is 9.85. The van der Waals surface area contributed by atoms with Gasteiger partial charge in [-0.2, -0.15) is 13.2 Å². The molecular formula is C12H14F3N3O. The molecule has 1 aromatic heterocycles. The van der Waals surface area contributed by atoms with E-state index in [1.54, 1.807) is 6.92 Å². The van der Waals surface area contributed by atoms with Crippen LogP contribution in [0, 0.1) is 12.3 Å². The van der Waals surface area contributed by atoms with Crippen LogP contribution in [0.2, 0.25) is 0 Å². The smallest absolute Gasteiger partial charge is 0.325 e. The molecule has 1 aliphatic heterocycles. The van der Waals surface area contributed by atoms with Gasteiger partial charge in [0.15, 0.2) is 5.41 Å². The quantitative estimate of drug-likeness (QED) is 0.865. The van der Waals surface area contributed by atoms with Crippen molar-refractivity contribution in [1.29, 1.82) is 0 Å². The second kappa shape index (κ2) is 4.80. The first-order valence-electron chi connectivity index (χ1n) is 5.86. The van der Waals surface area contributed by atoms with Gasteiger partial charge in [0.2, 0.25) is 5.91 Å². The molecule has 1 aromatic rings. The Labute approximate surface area is 108 Å². The number of amides is 1. The van der Waals surface area contributed by atoms with Crippen LogP contribution >= 0.6 is 0 Å². The number of anilines is 1. The van der Waals surface area contributed by atoms with E-state index in [1.807, 2.05) is 0 Å². The average molecular weight is 273 g/mol. The number of hydrogen-bond acceptors (Lipinski definition) is 3. The normalized spacial score (nSPS) is 23.4. The number of pyridine rings is 1. The molecule has 0 spiro atoms. The van der Waals surface area contributed by atoms with Crippen LogP contribution in [0.1, 0.15) is 12.0 Å². The molecule has 0 aliphatic carbocycles. The van der Waals surface area contributed by atoms with Gasteiger partial charge in [-0.05, 0) is 31.5 Å². The van der Waals surface area contributed by atoms with Gasteiger partial charge in [0, 0.05) is 24.6 Å². The summed E-state index contributed by atoms with van der Waals surface area (Å²) in [6.45, 7) is 1.48. The van der Waals surface area contributed by atoms with Crippen LogP contribution in [0.4, 0.5) is 18.9 Å². The number of halogens is 3. The third kappa shape index (κ3) is 2.42. The Morgan fingerprint density at radius 2 is 2.26 bits per heavy atom. The Kier molecular flexibility index (Phi) is 3.49. The molecule has 7 heteroatoms. The maximum Gasteiger partial charge on any atom is 0.404 e. The molecule has 1 unspecified atom stereocenters. The number of nitrogens with zero attached hydrogens (tertiary/aromatic N) is 1. The van der Waals surface area contributed by atoms with Gasteiger partial charge >= 0.3 is 6.18 Å². The summed E-state index contributed by atoms with van der Waals surface area (Å²) in [6, 6.07) is 1.49. The average Bonchev–Trinajstić information content (AvgIpc) is 2.82. The predicted octanol–water partition coefficient (Wildman–Crippen LogP) is 1.87. The first kappa shape index (κ1) is 13.8. The second-order valence-corrected chi connectivity index (χ2v) is 4.65. The zero-order valence-corrected chi connectivity index (χ0v) is 10.3. The van der Waals surface area contributed by atoms with Crippen LogP contribution < -0.4 is 10.6 Å². The molecule has 1 saturated heterocycles. The van der Waals surface area contributed by atoms with Crippen LogP contribution in [0.3, 0.4) is 0 Å². The number of carbonyl (C=O) groups excluding carboxylic acids is 1. The molecule has 4 nitrogen and oxygen atoms in total. The number of aromatic nitrogens is 1. The van der Waals surface area contributed by atoms with E-state index in [-0.39, 0.29) is 19.5 Å². The fraction of sp³-hybridized carbons (Fsp3) is 0.500. The van der Waals surface area contributed by atoms with Gasteiger partial charge in [-0.1, -0.05) is 0 Å². The molecule has 2 heterocycles. The highest BCUT2D eigenvalue weighted by atomic mass is 19.4. The number of aryl methyl sites for hydroxylation is 1. The highest BCUT2D eigenvalue weighted by Gasteiger charge is 2.61. The topological polar surface area (TPSA) is 54.0 Å². The second-order valence-electron chi connectivity index (χ2n) is 4.65. The fourth-order valence-corrected chi connectivity index (χ4v) is 2.11. The largest absolute Gasteiger partial charge is 0.404 e. The molecule has 1 amide bonds. The zero-order valence-electron chi connectivity index (χ0n) is 10.3. The van der Waals surface area contributed by atoms with Gasteiger partial charge < -0.3 is 10.6 Å². The van der Waals surface area contributed by atoms with Gasteiger partial charge in [0.25, 0.3) is 0 Å². The molecule has 2 N–H and O–H groups in total. The Bertz CT molecular complexity index is 481. The van der Waals surface area contributed by atoms with Gasteiger partial charge in [-0.25, -0.2) is 0 Å². The molecule has 0 saturated carbocycles. The van der Waals surface area contributed by atoms with E-state index in [1.165, 1.54) is 18.5 Å². The van der Waals surface area contributed by atoms with Crippen LogP contribution in [-0.4, -0.2) is 30.2 Å². The number of rotatable bonds is 2. The highest BCUT2D eigenvalue weighted by molar-refractivity contribution is 5.96. The van der Waals surface area contributed by atoms with Crippen molar-refractivity contribution < 1.29 is 18.0 Å². The van der Waals surface area contributed by atoms with E-state index in [0.717, 1.165) is 0 Å².